The fourth-order valence-electron chi connectivity index (χ4n) is 2.83. The van der Waals surface area contributed by atoms with E-state index in [-0.39, 0.29) is 23.7 Å². The summed E-state index contributed by atoms with van der Waals surface area (Å²) < 4.78 is 0. The highest BCUT2D eigenvalue weighted by Gasteiger charge is 2.55. The Kier molecular flexibility index (Phi) is 0.953. The summed E-state index contributed by atoms with van der Waals surface area (Å²) >= 11 is 0. The topological polar surface area (TPSA) is 46.2 Å². The number of carbonyl (C=O) groups is 2. The summed E-state index contributed by atoms with van der Waals surface area (Å²) in [6.07, 6.45) is 5.18. The SMILES string of the molecule is O=C1NC(=O)[C@@H]2[C@@H]1[C@@H]1C=C[C@H]2C1. The Bertz CT molecular complexity index is 280. The van der Waals surface area contributed by atoms with E-state index in [1.165, 1.54) is 0 Å². The van der Waals surface area contributed by atoms with Crippen LogP contribution < -0.4 is 5.32 Å². The van der Waals surface area contributed by atoms with Crippen molar-refractivity contribution in [3.05, 3.63) is 12.2 Å². The van der Waals surface area contributed by atoms with Gasteiger partial charge in [0.1, 0.15) is 0 Å². The van der Waals surface area contributed by atoms with Gasteiger partial charge in [0, 0.05) is 0 Å². The van der Waals surface area contributed by atoms with Gasteiger partial charge in [0.05, 0.1) is 11.8 Å². The van der Waals surface area contributed by atoms with Gasteiger partial charge < -0.3 is 0 Å². The molecule has 3 aliphatic rings. The number of imide groups is 1. The number of fused-ring (bicyclic) bond motifs is 5. The van der Waals surface area contributed by atoms with Gasteiger partial charge in [-0.2, -0.15) is 0 Å². The maximum absolute atomic E-state index is 11.3. The maximum Gasteiger partial charge on any atom is 0.231 e. The summed E-state index contributed by atoms with van der Waals surface area (Å²) in [5, 5.41) is 2.40. The molecule has 3 rings (SSSR count). The first kappa shape index (κ1) is 6.40. The van der Waals surface area contributed by atoms with Crippen LogP contribution in [0.4, 0.5) is 0 Å². The number of amides is 2. The first-order chi connectivity index (χ1) is 5.77. The van der Waals surface area contributed by atoms with Gasteiger partial charge >= 0.3 is 0 Å². The normalized spacial score (nSPS) is 48.3. The summed E-state index contributed by atoms with van der Waals surface area (Å²) in [7, 11) is 0. The molecule has 3 heteroatoms. The van der Waals surface area contributed by atoms with Gasteiger partial charge in [-0.05, 0) is 18.3 Å². The minimum atomic E-state index is -0.0538. The average molecular weight is 163 g/mol. The van der Waals surface area contributed by atoms with E-state index in [2.05, 4.69) is 17.5 Å². The molecule has 0 unspecified atom stereocenters. The predicted octanol–water partition coefficient (Wildman–Crippen LogP) is 0.0811. The monoisotopic (exact) mass is 163 g/mol. The molecule has 1 saturated heterocycles. The lowest BCUT2D eigenvalue weighted by Crippen LogP contribution is -2.25. The van der Waals surface area contributed by atoms with E-state index in [0.29, 0.717) is 11.8 Å². The Morgan fingerprint density at radius 2 is 1.58 bits per heavy atom. The molecule has 2 amide bonds. The molecule has 0 radical (unpaired) electrons. The van der Waals surface area contributed by atoms with Crippen LogP contribution in [0.1, 0.15) is 6.42 Å². The molecule has 1 N–H and O–H groups in total. The van der Waals surface area contributed by atoms with Crippen molar-refractivity contribution in [3.8, 4) is 0 Å². The van der Waals surface area contributed by atoms with E-state index in [4.69, 9.17) is 0 Å². The van der Waals surface area contributed by atoms with E-state index in [0.717, 1.165) is 6.42 Å². The zero-order valence-electron chi connectivity index (χ0n) is 6.49. The second-order valence-electron chi connectivity index (χ2n) is 3.85. The van der Waals surface area contributed by atoms with Crippen LogP contribution in [-0.4, -0.2) is 11.8 Å². The van der Waals surface area contributed by atoms with Gasteiger partial charge in [0.25, 0.3) is 0 Å². The van der Waals surface area contributed by atoms with E-state index < -0.39 is 0 Å². The maximum atomic E-state index is 11.3. The molecule has 2 fully saturated rings. The molecule has 4 atom stereocenters. The fraction of sp³-hybridized carbons (Fsp3) is 0.556. The third-order valence-electron chi connectivity index (χ3n) is 3.31. The molecule has 1 heterocycles. The van der Waals surface area contributed by atoms with Crippen molar-refractivity contribution in [1.29, 1.82) is 0 Å². The molecule has 3 nitrogen and oxygen atoms in total. The zero-order chi connectivity index (χ0) is 8.29. The summed E-state index contributed by atoms with van der Waals surface area (Å²) in [4.78, 5) is 22.6. The van der Waals surface area contributed by atoms with E-state index in [1.54, 1.807) is 0 Å². The van der Waals surface area contributed by atoms with Crippen molar-refractivity contribution < 1.29 is 9.59 Å². The van der Waals surface area contributed by atoms with Crippen molar-refractivity contribution in [2.75, 3.05) is 0 Å². The predicted molar refractivity (Wildman–Crippen MR) is 40.9 cm³/mol. The largest absolute Gasteiger partial charge is 0.296 e. The van der Waals surface area contributed by atoms with Crippen LogP contribution >= 0.6 is 0 Å². The highest BCUT2D eigenvalue weighted by atomic mass is 16.2. The molecule has 2 bridgehead atoms. The van der Waals surface area contributed by atoms with Gasteiger partial charge in [-0.25, -0.2) is 0 Å². The van der Waals surface area contributed by atoms with Crippen molar-refractivity contribution in [1.82, 2.24) is 5.32 Å². The number of rotatable bonds is 0. The lowest BCUT2D eigenvalue weighted by molar-refractivity contribution is -0.126. The Morgan fingerprint density at radius 1 is 1.08 bits per heavy atom. The number of nitrogens with one attached hydrogen (secondary N) is 1. The highest BCUT2D eigenvalue weighted by molar-refractivity contribution is 6.06. The van der Waals surface area contributed by atoms with Crippen LogP contribution in [0.3, 0.4) is 0 Å². The van der Waals surface area contributed by atoms with E-state index >= 15 is 0 Å². The number of hydrogen-bond donors (Lipinski definition) is 1. The van der Waals surface area contributed by atoms with Crippen LogP contribution in [0.15, 0.2) is 12.2 Å². The standard InChI is InChI=1S/C9H9NO2/c11-8-6-4-1-2-5(3-4)7(6)9(12)10-8/h1-2,4-7H,3H2,(H,10,11,12)/t4-,5+,6-,7-/m0/s1. The second kappa shape index (κ2) is 1.79. The molecular weight excluding hydrogens is 154 g/mol. The lowest BCUT2D eigenvalue weighted by Gasteiger charge is -2.14. The third-order valence-corrected chi connectivity index (χ3v) is 3.31. The van der Waals surface area contributed by atoms with E-state index in [1.807, 2.05) is 0 Å². The Labute approximate surface area is 69.8 Å². The van der Waals surface area contributed by atoms with Crippen molar-refractivity contribution in [3.63, 3.8) is 0 Å². The Balaban J connectivity index is 2.08. The molecule has 1 saturated carbocycles. The van der Waals surface area contributed by atoms with Crippen LogP contribution in [0.25, 0.3) is 0 Å². The van der Waals surface area contributed by atoms with Gasteiger partial charge in [0.2, 0.25) is 11.8 Å². The van der Waals surface area contributed by atoms with Gasteiger partial charge in [-0.15, -0.1) is 0 Å². The number of carbonyl (C=O) groups excluding carboxylic acids is 2. The zero-order valence-corrected chi connectivity index (χ0v) is 6.49. The van der Waals surface area contributed by atoms with Crippen molar-refractivity contribution >= 4 is 11.8 Å². The minimum absolute atomic E-state index is 0.0347. The van der Waals surface area contributed by atoms with Gasteiger partial charge in [-0.3, -0.25) is 14.9 Å². The molecule has 0 spiro atoms. The van der Waals surface area contributed by atoms with E-state index in [9.17, 15) is 9.59 Å². The first-order valence-corrected chi connectivity index (χ1v) is 4.30. The quantitative estimate of drug-likeness (QED) is 0.406. The van der Waals surface area contributed by atoms with Crippen molar-refractivity contribution in [2.24, 2.45) is 23.7 Å². The number of allylic oxidation sites excluding steroid dienone is 2. The molecule has 0 aromatic rings. The molecule has 0 aromatic heterocycles. The third kappa shape index (κ3) is 0.543. The first-order valence-electron chi connectivity index (χ1n) is 4.30. The van der Waals surface area contributed by atoms with Crippen LogP contribution in [0.2, 0.25) is 0 Å². The summed E-state index contributed by atoms with van der Waals surface area (Å²) in [5.41, 5.74) is 0. The van der Waals surface area contributed by atoms with Gasteiger partial charge in [-0.1, -0.05) is 12.2 Å². The Morgan fingerprint density at radius 3 is 2.08 bits per heavy atom. The summed E-state index contributed by atoms with van der Waals surface area (Å²) in [5.74, 6) is 0.501. The molecule has 62 valence electrons. The highest BCUT2D eigenvalue weighted by Crippen LogP contribution is 2.50. The molecule has 2 aliphatic carbocycles. The van der Waals surface area contributed by atoms with Gasteiger partial charge in [0.15, 0.2) is 0 Å². The van der Waals surface area contributed by atoms with Crippen LogP contribution in [0.5, 0.6) is 0 Å². The summed E-state index contributed by atoms with van der Waals surface area (Å²) in [6, 6.07) is 0. The number of hydrogen-bond acceptors (Lipinski definition) is 2. The smallest absolute Gasteiger partial charge is 0.231 e. The molecule has 1 aliphatic heterocycles. The van der Waals surface area contributed by atoms with Crippen molar-refractivity contribution in [2.45, 2.75) is 6.42 Å². The van der Waals surface area contributed by atoms with Crippen LogP contribution in [-0.2, 0) is 9.59 Å². The average Bonchev–Trinajstić information content (AvgIpc) is 2.64. The minimum Gasteiger partial charge on any atom is -0.296 e. The van der Waals surface area contributed by atoms with Crippen LogP contribution in [0, 0.1) is 23.7 Å². The Hall–Kier alpha value is -1.12. The molecular formula is C9H9NO2. The molecule has 0 aromatic carbocycles. The summed E-state index contributed by atoms with van der Waals surface area (Å²) in [6.45, 7) is 0. The lowest BCUT2D eigenvalue weighted by atomic mass is 9.85. The second-order valence-corrected chi connectivity index (χ2v) is 3.85. The molecule has 12 heavy (non-hydrogen) atoms. The fourth-order valence-corrected chi connectivity index (χ4v) is 2.83.